The van der Waals surface area contributed by atoms with Crippen LogP contribution < -0.4 is 5.32 Å². The predicted molar refractivity (Wildman–Crippen MR) is 97.4 cm³/mol. The van der Waals surface area contributed by atoms with Gasteiger partial charge >= 0.3 is 0 Å². The molecule has 1 aromatic carbocycles. The monoisotopic (exact) mass is 372 g/mol. The first-order valence-corrected chi connectivity index (χ1v) is 9.60. The number of hydrogen-bond acceptors (Lipinski definition) is 5. The number of likely N-dealkylation sites (tertiary alicyclic amines) is 1. The molecule has 0 radical (unpaired) electrons. The molecule has 0 bridgehead atoms. The van der Waals surface area contributed by atoms with E-state index in [0.29, 0.717) is 24.1 Å². The highest BCUT2D eigenvalue weighted by atomic mass is 19.1. The Bertz CT molecular complexity index is 795. The number of fused-ring (bicyclic) bond motifs is 1. The van der Waals surface area contributed by atoms with E-state index in [4.69, 9.17) is 0 Å². The van der Waals surface area contributed by atoms with Crippen molar-refractivity contribution >= 4 is 5.91 Å². The molecule has 2 saturated heterocycles. The van der Waals surface area contributed by atoms with Crippen LogP contribution in [-0.4, -0.2) is 57.2 Å². The van der Waals surface area contributed by atoms with Crippen LogP contribution in [0.15, 0.2) is 24.3 Å². The molecule has 7 nitrogen and oxygen atoms in total. The van der Waals surface area contributed by atoms with Crippen molar-refractivity contribution in [2.24, 2.45) is 11.8 Å². The van der Waals surface area contributed by atoms with Crippen molar-refractivity contribution in [3.05, 3.63) is 41.5 Å². The van der Waals surface area contributed by atoms with Gasteiger partial charge in [0.05, 0.1) is 0 Å². The van der Waals surface area contributed by atoms with E-state index in [1.807, 2.05) is 11.0 Å². The molecule has 1 unspecified atom stereocenters. The molecule has 2 aromatic rings. The Morgan fingerprint density at radius 2 is 2.04 bits per heavy atom. The minimum atomic E-state index is -0.558. The summed E-state index contributed by atoms with van der Waals surface area (Å²) in [6.45, 7) is 5.38. The SMILES string of the molecule is Cc1nnnn1C(Cc1cccc(F)c1)C(=O)N1CC[C@@H]2CNC[C@@H]2CC1. The number of carbonyl (C=O) groups excluding carboxylic acids is 1. The number of nitrogens with zero attached hydrogens (tertiary/aromatic N) is 5. The number of halogens is 1. The second-order valence-corrected chi connectivity index (χ2v) is 7.60. The Hall–Kier alpha value is -2.35. The maximum atomic E-state index is 13.6. The third kappa shape index (κ3) is 3.85. The first-order chi connectivity index (χ1) is 13.1. The predicted octanol–water partition coefficient (Wildman–Crippen LogP) is 1.36. The van der Waals surface area contributed by atoms with Crippen molar-refractivity contribution in [3.8, 4) is 0 Å². The average Bonchev–Trinajstić information content (AvgIpc) is 3.23. The molecule has 0 saturated carbocycles. The Kier molecular flexibility index (Phi) is 5.15. The fraction of sp³-hybridized carbons (Fsp3) is 0.579. The summed E-state index contributed by atoms with van der Waals surface area (Å²) in [6, 6.07) is 5.82. The average molecular weight is 372 g/mol. The fourth-order valence-electron chi connectivity index (χ4n) is 4.34. The minimum absolute atomic E-state index is 0.0163. The van der Waals surface area contributed by atoms with Crippen molar-refractivity contribution in [2.45, 2.75) is 32.2 Å². The van der Waals surface area contributed by atoms with Crippen LogP contribution in [0.3, 0.4) is 0 Å². The number of benzene rings is 1. The van der Waals surface area contributed by atoms with Crippen LogP contribution in [0.5, 0.6) is 0 Å². The number of nitrogens with one attached hydrogen (secondary N) is 1. The first-order valence-electron chi connectivity index (χ1n) is 9.60. The summed E-state index contributed by atoms with van der Waals surface area (Å²) < 4.78 is 15.2. The third-order valence-corrected chi connectivity index (χ3v) is 5.89. The van der Waals surface area contributed by atoms with Crippen LogP contribution in [0.2, 0.25) is 0 Å². The summed E-state index contributed by atoms with van der Waals surface area (Å²) >= 11 is 0. The summed E-state index contributed by atoms with van der Waals surface area (Å²) in [6.07, 6.45) is 2.41. The maximum Gasteiger partial charge on any atom is 0.247 e. The summed E-state index contributed by atoms with van der Waals surface area (Å²) in [5, 5.41) is 15.1. The van der Waals surface area contributed by atoms with Crippen molar-refractivity contribution in [3.63, 3.8) is 0 Å². The van der Waals surface area contributed by atoms with Gasteiger partial charge in [0.2, 0.25) is 5.91 Å². The summed E-state index contributed by atoms with van der Waals surface area (Å²) in [5.41, 5.74) is 0.763. The Balaban J connectivity index is 1.56. The van der Waals surface area contributed by atoms with Gasteiger partial charge in [0.15, 0.2) is 0 Å². The zero-order chi connectivity index (χ0) is 18.8. The lowest BCUT2D eigenvalue weighted by atomic mass is 9.92. The lowest BCUT2D eigenvalue weighted by molar-refractivity contribution is -0.135. The largest absolute Gasteiger partial charge is 0.341 e. The molecule has 3 heterocycles. The van der Waals surface area contributed by atoms with E-state index in [2.05, 4.69) is 20.8 Å². The maximum absolute atomic E-state index is 13.6. The lowest BCUT2D eigenvalue weighted by Gasteiger charge is -2.27. The second-order valence-electron chi connectivity index (χ2n) is 7.60. The van der Waals surface area contributed by atoms with Crippen LogP contribution in [0, 0.1) is 24.6 Å². The second kappa shape index (κ2) is 7.72. The van der Waals surface area contributed by atoms with Gasteiger partial charge in [-0.05, 0) is 72.8 Å². The van der Waals surface area contributed by atoms with E-state index in [1.165, 1.54) is 12.1 Å². The van der Waals surface area contributed by atoms with E-state index in [0.717, 1.165) is 44.6 Å². The van der Waals surface area contributed by atoms with Crippen LogP contribution in [0.25, 0.3) is 0 Å². The zero-order valence-corrected chi connectivity index (χ0v) is 15.5. The number of amides is 1. The third-order valence-electron chi connectivity index (χ3n) is 5.89. The molecule has 8 heteroatoms. The molecule has 2 aliphatic rings. The molecule has 0 aliphatic carbocycles. The Morgan fingerprint density at radius 3 is 2.67 bits per heavy atom. The molecule has 3 atom stereocenters. The minimum Gasteiger partial charge on any atom is -0.341 e. The van der Waals surface area contributed by atoms with E-state index < -0.39 is 6.04 Å². The molecule has 1 N–H and O–H groups in total. The number of rotatable bonds is 4. The molecular formula is C19H25FN6O. The molecular weight excluding hydrogens is 347 g/mol. The summed E-state index contributed by atoms with van der Waals surface area (Å²) in [4.78, 5) is 15.4. The lowest BCUT2D eigenvalue weighted by Crippen LogP contribution is -2.40. The molecule has 1 amide bonds. The highest BCUT2D eigenvalue weighted by molar-refractivity contribution is 5.80. The Morgan fingerprint density at radius 1 is 1.30 bits per heavy atom. The van der Waals surface area contributed by atoms with Crippen LogP contribution in [-0.2, 0) is 11.2 Å². The van der Waals surface area contributed by atoms with Gasteiger partial charge in [-0.25, -0.2) is 9.07 Å². The van der Waals surface area contributed by atoms with Gasteiger partial charge in [-0.1, -0.05) is 12.1 Å². The number of aromatic nitrogens is 4. The Labute approximate surface area is 157 Å². The molecule has 0 spiro atoms. The fourth-order valence-corrected chi connectivity index (χ4v) is 4.34. The standard InChI is InChI=1S/C19H25FN6O/c1-13-22-23-24-26(13)18(10-14-3-2-4-17(20)9-14)19(27)25-7-5-15-11-21-12-16(15)6-8-25/h2-4,9,15-16,18,21H,5-8,10-12H2,1H3/t15-,16+,18?. The van der Waals surface area contributed by atoms with Gasteiger partial charge < -0.3 is 10.2 Å². The van der Waals surface area contributed by atoms with Crippen molar-refractivity contribution < 1.29 is 9.18 Å². The molecule has 144 valence electrons. The summed E-state index contributed by atoms with van der Waals surface area (Å²) in [5.74, 6) is 1.60. The number of aryl methyl sites for hydroxylation is 1. The van der Waals surface area contributed by atoms with E-state index in [9.17, 15) is 9.18 Å². The normalized spacial score (nSPS) is 23.7. The quantitative estimate of drug-likeness (QED) is 0.877. The smallest absolute Gasteiger partial charge is 0.247 e. The van der Waals surface area contributed by atoms with Gasteiger partial charge in [0, 0.05) is 19.5 Å². The van der Waals surface area contributed by atoms with Crippen LogP contribution in [0.1, 0.15) is 30.3 Å². The van der Waals surface area contributed by atoms with Crippen LogP contribution >= 0.6 is 0 Å². The van der Waals surface area contributed by atoms with Crippen molar-refractivity contribution in [1.29, 1.82) is 0 Å². The number of hydrogen-bond donors (Lipinski definition) is 1. The van der Waals surface area contributed by atoms with Gasteiger partial charge in [-0.2, -0.15) is 0 Å². The van der Waals surface area contributed by atoms with Gasteiger partial charge in [-0.15, -0.1) is 5.10 Å². The van der Waals surface area contributed by atoms with Crippen molar-refractivity contribution in [2.75, 3.05) is 26.2 Å². The molecule has 4 rings (SSSR count). The number of tetrazole rings is 1. The van der Waals surface area contributed by atoms with E-state index >= 15 is 0 Å². The van der Waals surface area contributed by atoms with Gasteiger partial charge in [0.1, 0.15) is 17.7 Å². The van der Waals surface area contributed by atoms with Crippen molar-refractivity contribution in [1.82, 2.24) is 30.4 Å². The highest BCUT2D eigenvalue weighted by Crippen LogP contribution is 2.28. The van der Waals surface area contributed by atoms with Gasteiger partial charge in [-0.3, -0.25) is 4.79 Å². The topological polar surface area (TPSA) is 75.9 Å². The molecule has 27 heavy (non-hydrogen) atoms. The summed E-state index contributed by atoms with van der Waals surface area (Å²) in [7, 11) is 0. The molecule has 2 fully saturated rings. The number of carbonyl (C=O) groups is 1. The van der Waals surface area contributed by atoms with E-state index in [1.54, 1.807) is 17.7 Å². The van der Waals surface area contributed by atoms with E-state index in [-0.39, 0.29) is 11.7 Å². The van der Waals surface area contributed by atoms with Gasteiger partial charge in [0.25, 0.3) is 0 Å². The molecule has 1 aromatic heterocycles. The van der Waals surface area contributed by atoms with Crippen LogP contribution in [0.4, 0.5) is 4.39 Å². The molecule has 2 aliphatic heterocycles. The zero-order valence-electron chi connectivity index (χ0n) is 15.5. The highest BCUT2D eigenvalue weighted by Gasteiger charge is 2.34. The first kappa shape index (κ1) is 18.0.